The molecule has 0 aromatic carbocycles. The molecule has 1 aliphatic rings. The second-order valence-corrected chi connectivity index (χ2v) is 4.99. The van der Waals surface area contributed by atoms with Crippen LogP contribution in [-0.2, 0) is 13.1 Å². The first-order valence-electron chi connectivity index (χ1n) is 6.02. The van der Waals surface area contributed by atoms with Gasteiger partial charge in [-0.2, -0.15) is 5.10 Å². The number of rotatable bonds is 4. The van der Waals surface area contributed by atoms with Crippen LogP contribution >= 0.6 is 11.6 Å². The Balaban J connectivity index is 1.94. The second kappa shape index (κ2) is 5.64. The topological polar surface area (TPSA) is 34.0 Å². The summed E-state index contributed by atoms with van der Waals surface area (Å²) >= 11 is 6.17. The van der Waals surface area contributed by atoms with Crippen LogP contribution in [0.3, 0.4) is 0 Å². The first-order chi connectivity index (χ1) is 7.79. The molecule has 16 heavy (non-hydrogen) atoms. The molecule has 90 valence electrons. The summed E-state index contributed by atoms with van der Waals surface area (Å²) in [6.45, 7) is 6.08. The van der Waals surface area contributed by atoms with Crippen LogP contribution in [0.2, 0.25) is 0 Å². The molecule has 0 aliphatic carbocycles. The Kier molecular flexibility index (Phi) is 4.18. The zero-order valence-corrected chi connectivity index (χ0v) is 10.5. The van der Waals surface area contributed by atoms with Crippen molar-refractivity contribution in [2.24, 2.45) is 0 Å². The molecule has 1 unspecified atom stereocenters. The fraction of sp³-hybridized carbons (Fsp3) is 0.818. The highest BCUT2D eigenvalue weighted by atomic mass is 35.5. The van der Waals surface area contributed by atoms with Crippen LogP contribution in [0, 0.1) is 0 Å². The maximum atomic E-state index is 6.17. The lowest BCUT2D eigenvalue weighted by molar-refractivity contribution is 0.215. The molecule has 0 saturated carbocycles. The molecule has 1 fully saturated rings. The maximum absolute atomic E-state index is 6.17. The van der Waals surface area contributed by atoms with Crippen molar-refractivity contribution in [3.63, 3.8) is 0 Å². The van der Waals surface area contributed by atoms with E-state index in [-0.39, 0.29) is 0 Å². The average Bonchev–Trinajstić information content (AvgIpc) is 2.66. The molecule has 0 radical (unpaired) electrons. The van der Waals surface area contributed by atoms with E-state index in [1.165, 1.54) is 6.42 Å². The van der Waals surface area contributed by atoms with E-state index in [4.69, 9.17) is 11.6 Å². The molecule has 0 spiro atoms. The van der Waals surface area contributed by atoms with Crippen LogP contribution in [0.15, 0.2) is 6.33 Å². The van der Waals surface area contributed by atoms with E-state index in [2.05, 4.69) is 21.9 Å². The minimum Gasteiger partial charge on any atom is -0.294 e. The summed E-state index contributed by atoms with van der Waals surface area (Å²) in [6, 6.07) is 0. The molecule has 5 heteroatoms. The normalized spacial score (nSPS) is 22.5. The summed E-state index contributed by atoms with van der Waals surface area (Å²) in [4.78, 5) is 6.69. The predicted molar refractivity (Wildman–Crippen MR) is 64.5 cm³/mol. The van der Waals surface area contributed by atoms with Crippen molar-refractivity contribution in [2.75, 3.05) is 13.1 Å². The highest BCUT2D eigenvalue weighted by Gasteiger charge is 2.19. The lowest BCUT2D eigenvalue weighted by Gasteiger charge is -2.29. The smallest absolute Gasteiger partial charge is 0.141 e. The molecule has 1 aliphatic heterocycles. The molecule has 1 saturated heterocycles. The number of aromatic nitrogens is 3. The molecule has 1 atom stereocenters. The van der Waals surface area contributed by atoms with Crippen LogP contribution in [0.5, 0.6) is 0 Å². The van der Waals surface area contributed by atoms with Crippen LogP contribution < -0.4 is 0 Å². The van der Waals surface area contributed by atoms with Gasteiger partial charge in [0, 0.05) is 18.5 Å². The highest BCUT2D eigenvalue weighted by molar-refractivity contribution is 6.20. The summed E-state index contributed by atoms with van der Waals surface area (Å²) in [5.74, 6) is 1.06. The monoisotopic (exact) mass is 242 g/mol. The van der Waals surface area contributed by atoms with Crippen molar-refractivity contribution < 1.29 is 0 Å². The molecule has 0 amide bonds. The number of hydrogen-bond acceptors (Lipinski definition) is 3. The summed E-state index contributed by atoms with van der Waals surface area (Å²) in [5.41, 5.74) is 0. The van der Waals surface area contributed by atoms with Gasteiger partial charge < -0.3 is 0 Å². The van der Waals surface area contributed by atoms with Crippen molar-refractivity contribution in [3.05, 3.63) is 12.2 Å². The lowest BCUT2D eigenvalue weighted by atomic mass is 10.1. The van der Waals surface area contributed by atoms with Gasteiger partial charge in [0.15, 0.2) is 0 Å². The number of halogens is 1. The van der Waals surface area contributed by atoms with Crippen molar-refractivity contribution in [2.45, 2.75) is 44.7 Å². The van der Waals surface area contributed by atoms with Gasteiger partial charge in [0.25, 0.3) is 0 Å². The Morgan fingerprint density at radius 3 is 3.19 bits per heavy atom. The van der Waals surface area contributed by atoms with Gasteiger partial charge >= 0.3 is 0 Å². The molecular weight excluding hydrogens is 224 g/mol. The van der Waals surface area contributed by atoms with Gasteiger partial charge in [0.2, 0.25) is 0 Å². The first-order valence-corrected chi connectivity index (χ1v) is 6.46. The van der Waals surface area contributed by atoms with E-state index in [9.17, 15) is 0 Å². The van der Waals surface area contributed by atoms with E-state index in [1.54, 1.807) is 6.33 Å². The Morgan fingerprint density at radius 2 is 2.44 bits per heavy atom. The van der Waals surface area contributed by atoms with E-state index in [1.807, 2.05) is 4.68 Å². The molecule has 0 N–H and O–H groups in total. The first kappa shape index (κ1) is 11.9. The Labute approximate surface area is 102 Å². The van der Waals surface area contributed by atoms with Gasteiger partial charge in [0.05, 0.1) is 6.54 Å². The summed E-state index contributed by atoms with van der Waals surface area (Å²) < 4.78 is 2.00. The van der Waals surface area contributed by atoms with E-state index < -0.39 is 0 Å². The fourth-order valence-electron chi connectivity index (χ4n) is 2.15. The van der Waals surface area contributed by atoms with Gasteiger partial charge in [0.1, 0.15) is 12.2 Å². The lowest BCUT2D eigenvalue weighted by Crippen LogP contribution is -2.36. The third-order valence-electron chi connectivity index (χ3n) is 2.94. The van der Waals surface area contributed by atoms with Crippen molar-refractivity contribution >= 4 is 11.6 Å². The SMILES string of the molecule is CCCn1ncnc1CN1CCCC(Cl)C1. The number of aryl methyl sites for hydroxylation is 1. The highest BCUT2D eigenvalue weighted by Crippen LogP contribution is 2.16. The van der Waals surface area contributed by atoms with Crippen LogP contribution in [0.1, 0.15) is 32.0 Å². The third-order valence-corrected chi connectivity index (χ3v) is 3.30. The molecule has 2 heterocycles. The van der Waals surface area contributed by atoms with E-state index in [0.717, 1.165) is 44.8 Å². The van der Waals surface area contributed by atoms with Gasteiger partial charge in [-0.05, 0) is 25.8 Å². The number of nitrogens with zero attached hydrogens (tertiary/aromatic N) is 4. The van der Waals surface area contributed by atoms with Crippen molar-refractivity contribution in [1.29, 1.82) is 0 Å². The van der Waals surface area contributed by atoms with Crippen LogP contribution in [-0.4, -0.2) is 38.1 Å². The minimum absolute atomic E-state index is 0.302. The second-order valence-electron chi connectivity index (χ2n) is 4.37. The Bertz CT molecular complexity index is 326. The largest absolute Gasteiger partial charge is 0.294 e. The molecule has 2 rings (SSSR count). The fourth-order valence-corrected chi connectivity index (χ4v) is 2.50. The predicted octanol–water partition coefficient (Wildman–Crippen LogP) is 1.89. The molecule has 1 aromatic heterocycles. The van der Waals surface area contributed by atoms with Crippen LogP contribution in [0.4, 0.5) is 0 Å². The molecular formula is C11H19ClN4. The van der Waals surface area contributed by atoms with Gasteiger partial charge in [-0.1, -0.05) is 6.92 Å². The summed E-state index contributed by atoms with van der Waals surface area (Å²) in [5, 5.41) is 4.54. The van der Waals surface area contributed by atoms with E-state index in [0.29, 0.717) is 5.38 Å². The van der Waals surface area contributed by atoms with E-state index >= 15 is 0 Å². The zero-order valence-electron chi connectivity index (χ0n) is 9.77. The van der Waals surface area contributed by atoms with Crippen molar-refractivity contribution in [3.8, 4) is 0 Å². The van der Waals surface area contributed by atoms with Gasteiger partial charge in [-0.25, -0.2) is 9.67 Å². The summed E-state index contributed by atoms with van der Waals surface area (Å²) in [6.07, 6.45) is 5.07. The molecule has 0 bridgehead atoms. The molecule has 1 aromatic rings. The Hall–Kier alpha value is -0.610. The minimum atomic E-state index is 0.302. The number of piperidine rings is 1. The summed E-state index contributed by atoms with van der Waals surface area (Å²) in [7, 11) is 0. The number of likely N-dealkylation sites (tertiary alicyclic amines) is 1. The average molecular weight is 243 g/mol. The Morgan fingerprint density at radius 1 is 1.56 bits per heavy atom. The zero-order chi connectivity index (χ0) is 11.4. The number of alkyl halides is 1. The molecule has 4 nitrogen and oxygen atoms in total. The van der Waals surface area contributed by atoms with Crippen molar-refractivity contribution in [1.82, 2.24) is 19.7 Å². The van der Waals surface area contributed by atoms with Gasteiger partial charge in [-0.3, -0.25) is 4.90 Å². The van der Waals surface area contributed by atoms with Crippen LogP contribution in [0.25, 0.3) is 0 Å². The standard InChI is InChI=1S/C11H19ClN4/c1-2-5-16-11(13-9-14-16)8-15-6-3-4-10(12)7-15/h9-10H,2-8H2,1H3. The number of hydrogen-bond donors (Lipinski definition) is 0. The quantitative estimate of drug-likeness (QED) is 0.757. The van der Waals surface area contributed by atoms with Gasteiger partial charge in [-0.15, -0.1) is 11.6 Å². The third kappa shape index (κ3) is 2.95. The maximum Gasteiger partial charge on any atom is 0.141 e.